The number of carbonyl (C=O) groups is 1. The smallest absolute Gasteiger partial charge is 0.262 e. The van der Waals surface area contributed by atoms with E-state index in [2.05, 4.69) is 10.3 Å². The second-order valence-electron chi connectivity index (χ2n) is 5.81. The van der Waals surface area contributed by atoms with Gasteiger partial charge in [0.05, 0.1) is 11.7 Å². The lowest BCUT2D eigenvalue weighted by atomic mass is 9.92. The fourth-order valence-electron chi connectivity index (χ4n) is 2.84. The summed E-state index contributed by atoms with van der Waals surface area (Å²) in [5.74, 6) is -0.0159. The van der Waals surface area contributed by atoms with E-state index in [0.717, 1.165) is 30.5 Å². The van der Waals surface area contributed by atoms with Gasteiger partial charge in [-0.15, -0.1) is 23.7 Å². The number of nitrogens with zero attached hydrogens (tertiary/aromatic N) is 2. The second kappa shape index (κ2) is 7.90. The van der Waals surface area contributed by atoms with Crippen molar-refractivity contribution >= 4 is 39.9 Å². The van der Waals surface area contributed by atoms with Crippen molar-refractivity contribution in [1.29, 1.82) is 0 Å². The van der Waals surface area contributed by atoms with E-state index in [4.69, 9.17) is 5.73 Å². The first-order chi connectivity index (χ1) is 10.6. The number of rotatable bonds is 4. The summed E-state index contributed by atoms with van der Waals surface area (Å²) in [4.78, 5) is 29.2. The van der Waals surface area contributed by atoms with Gasteiger partial charge in [-0.1, -0.05) is 0 Å². The Labute approximate surface area is 144 Å². The lowest BCUT2D eigenvalue weighted by molar-refractivity contribution is -0.122. The lowest BCUT2D eigenvalue weighted by Gasteiger charge is -2.26. The zero-order valence-corrected chi connectivity index (χ0v) is 14.4. The molecule has 0 atom stereocenters. The van der Waals surface area contributed by atoms with Gasteiger partial charge in [0.2, 0.25) is 5.91 Å². The summed E-state index contributed by atoms with van der Waals surface area (Å²) in [7, 11) is 0. The van der Waals surface area contributed by atoms with Gasteiger partial charge < -0.3 is 11.1 Å². The predicted molar refractivity (Wildman–Crippen MR) is 94.1 cm³/mol. The molecule has 3 rings (SSSR count). The number of nitrogens with two attached hydrogens (primary N) is 1. The topological polar surface area (TPSA) is 90.0 Å². The Morgan fingerprint density at radius 2 is 2.13 bits per heavy atom. The first-order valence-corrected chi connectivity index (χ1v) is 8.49. The van der Waals surface area contributed by atoms with Crippen LogP contribution >= 0.6 is 23.7 Å². The summed E-state index contributed by atoms with van der Waals surface area (Å²) in [5, 5.41) is 5.50. The molecule has 0 unspecified atom stereocenters. The molecule has 8 heteroatoms. The molecule has 126 valence electrons. The molecule has 1 aliphatic rings. The number of aromatic nitrogens is 2. The largest absolute Gasteiger partial charge is 0.353 e. The van der Waals surface area contributed by atoms with E-state index in [1.165, 1.54) is 22.2 Å². The zero-order chi connectivity index (χ0) is 15.5. The molecule has 1 saturated carbocycles. The van der Waals surface area contributed by atoms with Crippen LogP contribution in [0.15, 0.2) is 22.6 Å². The maximum atomic E-state index is 12.2. The van der Waals surface area contributed by atoms with Crippen LogP contribution in [0.5, 0.6) is 0 Å². The minimum Gasteiger partial charge on any atom is -0.353 e. The highest BCUT2D eigenvalue weighted by Crippen LogP contribution is 2.17. The van der Waals surface area contributed by atoms with Crippen LogP contribution in [0.4, 0.5) is 0 Å². The maximum Gasteiger partial charge on any atom is 0.262 e. The molecule has 2 aromatic heterocycles. The Balaban J connectivity index is 0.00000192. The van der Waals surface area contributed by atoms with E-state index in [-0.39, 0.29) is 36.0 Å². The van der Waals surface area contributed by atoms with Crippen molar-refractivity contribution in [2.24, 2.45) is 5.73 Å². The van der Waals surface area contributed by atoms with Gasteiger partial charge in [-0.3, -0.25) is 14.2 Å². The molecule has 1 aliphatic carbocycles. The van der Waals surface area contributed by atoms with Gasteiger partial charge in [0, 0.05) is 25.0 Å². The first kappa shape index (κ1) is 17.9. The first-order valence-electron chi connectivity index (χ1n) is 7.61. The quantitative estimate of drug-likeness (QED) is 0.871. The molecule has 0 saturated heterocycles. The zero-order valence-electron chi connectivity index (χ0n) is 12.7. The summed E-state index contributed by atoms with van der Waals surface area (Å²) in [6, 6.07) is 2.27. The molecule has 0 spiro atoms. The monoisotopic (exact) mass is 356 g/mol. The third-order valence-electron chi connectivity index (χ3n) is 4.17. The van der Waals surface area contributed by atoms with Crippen LogP contribution in [0.3, 0.4) is 0 Å². The van der Waals surface area contributed by atoms with E-state index in [0.29, 0.717) is 18.4 Å². The van der Waals surface area contributed by atoms with Crippen LogP contribution in [0.2, 0.25) is 0 Å². The number of carbonyl (C=O) groups excluding carboxylic acids is 1. The van der Waals surface area contributed by atoms with Gasteiger partial charge in [-0.2, -0.15) is 0 Å². The molecule has 2 heterocycles. The summed E-state index contributed by atoms with van der Waals surface area (Å²) in [6.45, 7) is 0.357. The molecule has 23 heavy (non-hydrogen) atoms. The van der Waals surface area contributed by atoms with E-state index >= 15 is 0 Å². The Bertz CT molecular complexity index is 722. The predicted octanol–water partition coefficient (Wildman–Crippen LogP) is 1.66. The number of amides is 1. The summed E-state index contributed by atoms with van der Waals surface area (Å²) < 4.78 is 1.51. The molecule has 0 bridgehead atoms. The normalized spacial score (nSPS) is 20.9. The minimum absolute atomic E-state index is 0. The fraction of sp³-hybridized carbons (Fsp3) is 0.533. The van der Waals surface area contributed by atoms with Crippen molar-refractivity contribution in [3.63, 3.8) is 0 Å². The number of nitrogens with one attached hydrogen (secondary N) is 1. The average Bonchev–Trinajstić information content (AvgIpc) is 2.98. The SMILES string of the molecule is Cl.NC1CCC(NC(=O)CCn2cnc3sccc3c2=O)CC1. The van der Waals surface area contributed by atoms with E-state index in [1.54, 1.807) is 6.07 Å². The van der Waals surface area contributed by atoms with E-state index in [9.17, 15) is 9.59 Å². The van der Waals surface area contributed by atoms with Crippen molar-refractivity contribution in [3.8, 4) is 0 Å². The summed E-state index contributed by atoms with van der Waals surface area (Å²) in [5.41, 5.74) is 5.78. The number of hydrogen-bond donors (Lipinski definition) is 2. The van der Waals surface area contributed by atoms with Crippen molar-refractivity contribution in [3.05, 3.63) is 28.1 Å². The lowest BCUT2D eigenvalue weighted by Crippen LogP contribution is -2.40. The molecular weight excluding hydrogens is 336 g/mol. The Kier molecular flexibility index (Phi) is 6.15. The van der Waals surface area contributed by atoms with Gasteiger partial charge in [-0.25, -0.2) is 4.98 Å². The second-order valence-corrected chi connectivity index (χ2v) is 6.71. The highest BCUT2D eigenvalue weighted by Gasteiger charge is 2.19. The fourth-order valence-corrected chi connectivity index (χ4v) is 3.56. The third kappa shape index (κ3) is 4.31. The number of halogens is 1. The highest BCUT2D eigenvalue weighted by atomic mass is 35.5. The molecule has 1 fully saturated rings. The number of thiophene rings is 1. The van der Waals surface area contributed by atoms with Crippen LogP contribution in [0, 0.1) is 0 Å². The number of aryl methyl sites for hydroxylation is 1. The van der Waals surface area contributed by atoms with Crippen molar-refractivity contribution in [1.82, 2.24) is 14.9 Å². The van der Waals surface area contributed by atoms with Gasteiger partial charge in [0.1, 0.15) is 4.83 Å². The summed E-state index contributed by atoms with van der Waals surface area (Å²) >= 11 is 1.44. The minimum atomic E-state index is -0.0808. The van der Waals surface area contributed by atoms with Gasteiger partial charge in [-0.05, 0) is 37.1 Å². The van der Waals surface area contributed by atoms with Gasteiger partial charge in [0.25, 0.3) is 5.56 Å². The molecule has 2 aromatic rings. The maximum absolute atomic E-state index is 12.2. The van der Waals surface area contributed by atoms with Crippen molar-refractivity contribution in [2.75, 3.05) is 0 Å². The van der Waals surface area contributed by atoms with Crippen LogP contribution < -0.4 is 16.6 Å². The molecule has 3 N–H and O–H groups in total. The van der Waals surface area contributed by atoms with Gasteiger partial charge >= 0.3 is 0 Å². The van der Waals surface area contributed by atoms with Crippen LogP contribution in [-0.2, 0) is 11.3 Å². The Hall–Kier alpha value is -1.44. The number of hydrogen-bond acceptors (Lipinski definition) is 5. The van der Waals surface area contributed by atoms with Crippen molar-refractivity contribution in [2.45, 2.75) is 50.7 Å². The number of fused-ring (bicyclic) bond motifs is 1. The van der Waals surface area contributed by atoms with Crippen LogP contribution in [0.25, 0.3) is 10.2 Å². The molecule has 6 nitrogen and oxygen atoms in total. The summed E-state index contributed by atoms with van der Waals surface area (Å²) in [6.07, 6.45) is 5.62. The molecular formula is C15H21ClN4O2S. The molecule has 0 aliphatic heterocycles. The van der Waals surface area contributed by atoms with E-state index < -0.39 is 0 Å². The van der Waals surface area contributed by atoms with Crippen LogP contribution in [-0.4, -0.2) is 27.5 Å². The molecule has 0 aromatic carbocycles. The Morgan fingerprint density at radius 1 is 1.39 bits per heavy atom. The molecule has 1 amide bonds. The third-order valence-corrected chi connectivity index (χ3v) is 4.99. The highest BCUT2D eigenvalue weighted by molar-refractivity contribution is 7.16. The standard InChI is InChI=1S/C15H20N4O2S.ClH/c16-10-1-3-11(4-2-10)18-13(20)5-7-19-9-17-14-12(15(19)21)6-8-22-14;/h6,8-11H,1-5,7,16H2,(H,18,20);1H. The molecule has 0 radical (unpaired) electrons. The average molecular weight is 357 g/mol. The van der Waals surface area contributed by atoms with Gasteiger partial charge in [0.15, 0.2) is 0 Å². The van der Waals surface area contributed by atoms with Crippen LogP contribution in [0.1, 0.15) is 32.1 Å². The Morgan fingerprint density at radius 3 is 2.87 bits per heavy atom. The van der Waals surface area contributed by atoms with E-state index in [1.807, 2.05) is 5.38 Å². The van der Waals surface area contributed by atoms with Crippen molar-refractivity contribution < 1.29 is 4.79 Å².